The Bertz CT molecular complexity index is 248. The first-order valence-electron chi connectivity index (χ1n) is 5.05. The summed E-state index contributed by atoms with van der Waals surface area (Å²) in [5.74, 6) is 0.766. The Hall–Kier alpha value is -0.0900. The standard InChI is InChI=1S/C9H19NO2S/c1-3-7-13(11,12)10-9-6-4-5-8(9)2/h8-10H,3-7H2,1-2H3. The molecule has 13 heavy (non-hydrogen) atoms. The molecule has 3 nitrogen and oxygen atoms in total. The second kappa shape index (κ2) is 4.42. The van der Waals surface area contributed by atoms with E-state index < -0.39 is 10.0 Å². The van der Waals surface area contributed by atoms with Crippen LogP contribution in [0.5, 0.6) is 0 Å². The maximum Gasteiger partial charge on any atom is 0.211 e. The number of hydrogen-bond donors (Lipinski definition) is 1. The highest BCUT2D eigenvalue weighted by atomic mass is 32.2. The van der Waals surface area contributed by atoms with Gasteiger partial charge in [-0.15, -0.1) is 0 Å². The van der Waals surface area contributed by atoms with Crippen molar-refractivity contribution in [2.45, 2.75) is 45.6 Å². The van der Waals surface area contributed by atoms with Crippen molar-refractivity contribution in [2.24, 2.45) is 5.92 Å². The highest BCUT2D eigenvalue weighted by molar-refractivity contribution is 7.89. The monoisotopic (exact) mass is 205 g/mol. The van der Waals surface area contributed by atoms with Gasteiger partial charge in [0.1, 0.15) is 0 Å². The van der Waals surface area contributed by atoms with Gasteiger partial charge in [-0.25, -0.2) is 13.1 Å². The molecule has 0 bridgehead atoms. The Morgan fingerprint density at radius 3 is 2.54 bits per heavy atom. The van der Waals surface area contributed by atoms with E-state index in [0.29, 0.717) is 12.3 Å². The van der Waals surface area contributed by atoms with Gasteiger partial charge in [0, 0.05) is 6.04 Å². The third-order valence-electron chi connectivity index (χ3n) is 2.67. The topological polar surface area (TPSA) is 46.2 Å². The summed E-state index contributed by atoms with van der Waals surface area (Å²) in [6, 6.07) is 0.191. The molecule has 1 aliphatic carbocycles. The first-order valence-corrected chi connectivity index (χ1v) is 6.70. The van der Waals surface area contributed by atoms with Crippen molar-refractivity contribution in [1.29, 1.82) is 0 Å². The number of hydrogen-bond acceptors (Lipinski definition) is 2. The molecule has 1 aliphatic rings. The van der Waals surface area contributed by atoms with Crippen molar-refractivity contribution >= 4 is 10.0 Å². The van der Waals surface area contributed by atoms with E-state index in [9.17, 15) is 8.42 Å². The van der Waals surface area contributed by atoms with Crippen LogP contribution >= 0.6 is 0 Å². The lowest BCUT2D eigenvalue weighted by molar-refractivity contribution is 0.476. The van der Waals surface area contributed by atoms with Crippen LogP contribution in [0, 0.1) is 5.92 Å². The minimum absolute atomic E-state index is 0.191. The van der Waals surface area contributed by atoms with Crippen LogP contribution in [0.2, 0.25) is 0 Å². The van der Waals surface area contributed by atoms with Crippen LogP contribution in [0.25, 0.3) is 0 Å². The summed E-state index contributed by atoms with van der Waals surface area (Å²) in [6.07, 6.45) is 4.00. The van der Waals surface area contributed by atoms with Crippen molar-refractivity contribution < 1.29 is 8.42 Å². The molecule has 0 aliphatic heterocycles. The molecule has 0 radical (unpaired) electrons. The summed E-state index contributed by atoms with van der Waals surface area (Å²) >= 11 is 0. The molecule has 1 rings (SSSR count). The second-order valence-corrected chi connectivity index (χ2v) is 5.82. The lowest BCUT2D eigenvalue weighted by atomic mass is 10.1. The predicted octanol–water partition coefficient (Wildman–Crippen LogP) is 1.50. The van der Waals surface area contributed by atoms with E-state index >= 15 is 0 Å². The van der Waals surface area contributed by atoms with E-state index in [0.717, 1.165) is 19.3 Å². The van der Waals surface area contributed by atoms with Gasteiger partial charge in [0.25, 0.3) is 0 Å². The number of nitrogens with one attached hydrogen (secondary N) is 1. The molecule has 0 saturated heterocycles. The molecule has 0 amide bonds. The van der Waals surface area contributed by atoms with Gasteiger partial charge in [0.05, 0.1) is 5.75 Å². The van der Waals surface area contributed by atoms with E-state index in [1.165, 1.54) is 0 Å². The maximum absolute atomic E-state index is 11.4. The fraction of sp³-hybridized carbons (Fsp3) is 1.00. The van der Waals surface area contributed by atoms with Crippen molar-refractivity contribution in [1.82, 2.24) is 4.72 Å². The van der Waals surface area contributed by atoms with Gasteiger partial charge in [-0.3, -0.25) is 0 Å². The molecule has 1 fully saturated rings. The van der Waals surface area contributed by atoms with Crippen LogP contribution in [-0.4, -0.2) is 20.2 Å². The highest BCUT2D eigenvalue weighted by Crippen LogP contribution is 2.25. The highest BCUT2D eigenvalue weighted by Gasteiger charge is 2.26. The molecule has 4 heteroatoms. The molecule has 0 aromatic carbocycles. The van der Waals surface area contributed by atoms with Crippen LogP contribution in [0.1, 0.15) is 39.5 Å². The zero-order valence-corrected chi connectivity index (χ0v) is 9.23. The zero-order valence-electron chi connectivity index (χ0n) is 8.41. The van der Waals surface area contributed by atoms with Gasteiger partial charge < -0.3 is 0 Å². The van der Waals surface area contributed by atoms with Crippen molar-refractivity contribution in [3.8, 4) is 0 Å². The summed E-state index contributed by atoms with van der Waals surface area (Å²) in [5, 5.41) is 0. The SMILES string of the molecule is CCCS(=O)(=O)NC1CCCC1C. The lowest BCUT2D eigenvalue weighted by Crippen LogP contribution is -2.37. The Morgan fingerprint density at radius 2 is 2.08 bits per heavy atom. The average Bonchev–Trinajstić information content (AvgIpc) is 2.35. The Labute approximate surface area is 81.0 Å². The lowest BCUT2D eigenvalue weighted by Gasteiger charge is -2.16. The molecular weight excluding hydrogens is 186 g/mol. The first-order chi connectivity index (χ1) is 6.05. The second-order valence-electron chi connectivity index (χ2n) is 3.95. The van der Waals surface area contributed by atoms with Crippen LogP contribution < -0.4 is 4.72 Å². The molecule has 1 N–H and O–H groups in total. The summed E-state index contributed by atoms with van der Waals surface area (Å²) in [6.45, 7) is 4.00. The van der Waals surface area contributed by atoms with Crippen LogP contribution in [0.15, 0.2) is 0 Å². The molecule has 2 unspecified atom stereocenters. The summed E-state index contributed by atoms with van der Waals surface area (Å²) in [7, 11) is -3.00. The fourth-order valence-corrected chi connectivity index (χ4v) is 3.35. The third-order valence-corrected chi connectivity index (χ3v) is 4.27. The Morgan fingerprint density at radius 1 is 1.38 bits per heavy atom. The molecular formula is C9H19NO2S. The minimum Gasteiger partial charge on any atom is -0.212 e. The average molecular weight is 205 g/mol. The molecule has 0 spiro atoms. The largest absolute Gasteiger partial charge is 0.212 e. The van der Waals surface area contributed by atoms with Crippen LogP contribution in [0.3, 0.4) is 0 Å². The summed E-state index contributed by atoms with van der Waals surface area (Å²) < 4.78 is 25.6. The summed E-state index contributed by atoms with van der Waals surface area (Å²) in [5.41, 5.74) is 0. The Balaban J connectivity index is 2.47. The summed E-state index contributed by atoms with van der Waals surface area (Å²) in [4.78, 5) is 0. The zero-order chi connectivity index (χ0) is 9.90. The normalized spacial score (nSPS) is 29.4. The minimum atomic E-state index is -3.00. The van der Waals surface area contributed by atoms with Gasteiger partial charge >= 0.3 is 0 Å². The van der Waals surface area contributed by atoms with Gasteiger partial charge in [-0.2, -0.15) is 0 Å². The van der Waals surface area contributed by atoms with Crippen molar-refractivity contribution in [3.63, 3.8) is 0 Å². The first kappa shape index (κ1) is 11.0. The number of rotatable bonds is 4. The molecule has 0 aromatic heterocycles. The molecule has 2 atom stereocenters. The van der Waals surface area contributed by atoms with Gasteiger partial charge in [-0.1, -0.05) is 20.3 Å². The molecule has 1 saturated carbocycles. The molecule has 0 aromatic rings. The van der Waals surface area contributed by atoms with E-state index in [4.69, 9.17) is 0 Å². The molecule has 0 heterocycles. The van der Waals surface area contributed by atoms with Crippen molar-refractivity contribution in [2.75, 3.05) is 5.75 Å². The maximum atomic E-state index is 11.4. The van der Waals surface area contributed by atoms with Gasteiger partial charge in [0.2, 0.25) is 10.0 Å². The van der Waals surface area contributed by atoms with Crippen LogP contribution in [-0.2, 0) is 10.0 Å². The van der Waals surface area contributed by atoms with Crippen LogP contribution in [0.4, 0.5) is 0 Å². The predicted molar refractivity (Wildman–Crippen MR) is 54.0 cm³/mol. The number of sulfonamides is 1. The smallest absolute Gasteiger partial charge is 0.211 e. The van der Waals surface area contributed by atoms with E-state index in [1.54, 1.807) is 0 Å². The van der Waals surface area contributed by atoms with E-state index in [2.05, 4.69) is 11.6 Å². The van der Waals surface area contributed by atoms with Gasteiger partial charge in [0.15, 0.2) is 0 Å². The van der Waals surface area contributed by atoms with E-state index in [1.807, 2.05) is 6.92 Å². The Kier molecular flexibility index (Phi) is 3.74. The van der Waals surface area contributed by atoms with Crippen molar-refractivity contribution in [3.05, 3.63) is 0 Å². The van der Waals surface area contributed by atoms with Gasteiger partial charge in [-0.05, 0) is 25.2 Å². The third kappa shape index (κ3) is 3.27. The molecule has 78 valence electrons. The quantitative estimate of drug-likeness (QED) is 0.756. The van der Waals surface area contributed by atoms with E-state index in [-0.39, 0.29) is 11.8 Å². The fourth-order valence-electron chi connectivity index (χ4n) is 1.88.